The minimum Gasteiger partial charge on any atom is -0.361 e. The topological polar surface area (TPSA) is 74.0 Å². The van der Waals surface area contributed by atoms with Crippen LogP contribution >= 0.6 is 0 Å². The molecule has 19 heavy (non-hydrogen) atoms. The van der Waals surface area contributed by atoms with Crippen molar-refractivity contribution in [1.82, 2.24) is 15.0 Å². The van der Waals surface area contributed by atoms with Crippen LogP contribution in [0.1, 0.15) is 11.1 Å². The van der Waals surface area contributed by atoms with Crippen LogP contribution < -0.4 is 10.0 Å². The van der Waals surface area contributed by atoms with E-state index in [0.29, 0.717) is 6.54 Å². The molecule has 1 aromatic heterocycles. The molecule has 0 spiro atoms. The maximum absolute atomic E-state index is 11.1. The van der Waals surface area contributed by atoms with Gasteiger partial charge in [0.15, 0.2) is 0 Å². The molecule has 0 amide bonds. The molecule has 0 saturated carbocycles. The molecule has 2 rings (SSSR count). The number of fused-ring (bicyclic) bond motifs is 1. The van der Waals surface area contributed by atoms with Gasteiger partial charge < -0.3 is 10.3 Å². The van der Waals surface area contributed by atoms with Gasteiger partial charge in [0.25, 0.3) is 0 Å². The summed E-state index contributed by atoms with van der Waals surface area (Å²) in [7, 11) is -1.23. The summed E-state index contributed by atoms with van der Waals surface area (Å²) in [6, 6.07) is 5.95. The van der Waals surface area contributed by atoms with E-state index in [1.807, 2.05) is 31.4 Å². The van der Waals surface area contributed by atoms with Gasteiger partial charge in [-0.15, -0.1) is 0 Å². The van der Waals surface area contributed by atoms with Crippen molar-refractivity contribution >= 4 is 20.9 Å². The third kappa shape index (κ3) is 3.79. The van der Waals surface area contributed by atoms with E-state index in [0.717, 1.165) is 29.4 Å². The Morgan fingerprint density at radius 3 is 2.79 bits per heavy atom. The maximum atomic E-state index is 11.1. The van der Waals surface area contributed by atoms with Crippen molar-refractivity contribution in [2.75, 3.05) is 19.8 Å². The Bertz CT molecular complexity index is 662. The number of likely N-dealkylation sites (N-methyl/N-ethyl adjacent to an activating group) is 1. The van der Waals surface area contributed by atoms with E-state index < -0.39 is 10.0 Å². The molecule has 0 unspecified atom stereocenters. The first-order valence-electron chi connectivity index (χ1n) is 6.18. The third-order valence-corrected chi connectivity index (χ3v) is 3.68. The molecule has 0 saturated heterocycles. The van der Waals surface area contributed by atoms with Gasteiger partial charge in [-0.1, -0.05) is 6.07 Å². The first-order valence-corrected chi connectivity index (χ1v) is 8.07. The first-order chi connectivity index (χ1) is 8.99. The SMILES string of the molecule is CNCCc1c[nH]c2ccc(CNS(C)(=O)=O)cc12. The van der Waals surface area contributed by atoms with Crippen molar-refractivity contribution in [2.45, 2.75) is 13.0 Å². The van der Waals surface area contributed by atoms with Crippen LogP contribution in [0.15, 0.2) is 24.4 Å². The fourth-order valence-corrected chi connectivity index (χ4v) is 2.45. The standard InChI is InChI=1S/C13H19N3O2S/c1-14-6-5-11-9-15-13-4-3-10(7-12(11)13)8-16-19(2,17)18/h3-4,7,9,14-16H,5-6,8H2,1-2H3. The summed E-state index contributed by atoms with van der Waals surface area (Å²) in [4.78, 5) is 3.23. The molecular weight excluding hydrogens is 262 g/mol. The summed E-state index contributed by atoms with van der Waals surface area (Å²) in [6.45, 7) is 1.24. The second-order valence-electron chi connectivity index (χ2n) is 4.64. The van der Waals surface area contributed by atoms with E-state index in [2.05, 4.69) is 15.0 Å². The molecule has 3 N–H and O–H groups in total. The Morgan fingerprint density at radius 2 is 2.11 bits per heavy atom. The number of rotatable bonds is 6. The Hall–Kier alpha value is -1.37. The molecule has 0 aliphatic heterocycles. The number of hydrogen-bond acceptors (Lipinski definition) is 3. The van der Waals surface area contributed by atoms with Gasteiger partial charge in [-0.3, -0.25) is 0 Å². The summed E-state index contributed by atoms with van der Waals surface area (Å²) in [5.74, 6) is 0. The van der Waals surface area contributed by atoms with Crippen LogP contribution in [0.5, 0.6) is 0 Å². The van der Waals surface area contributed by atoms with E-state index in [-0.39, 0.29) is 0 Å². The summed E-state index contributed by atoms with van der Waals surface area (Å²) >= 11 is 0. The lowest BCUT2D eigenvalue weighted by molar-refractivity contribution is 0.587. The van der Waals surface area contributed by atoms with Crippen molar-refractivity contribution in [3.05, 3.63) is 35.5 Å². The normalized spacial score (nSPS) is 12.1. The summed E-state index contributed by atoms with van der Waals surface area (Å²) < 4.78 is 24.7. The molecule has 1 aromatic carbocycles. The Kier molecular flexibility index (Phi) is 4.24. The molecule has 6 heteroatoms. The zero-order chi connectivity index (χ0) is 13.9. The monoisotopic (exact) mass is 281 g/mol. The van der Waals surface area contributed by atoms with Crippen LogP contribution in [0.4, 0.5) is 0 Å². The van der Waals surface area contributed by atoms with Crippen molar-refractivity contribution in [3.8, 4) is 0 Å². The van der Waals surface area contributed by atoms with E-state index in [1.165, 1.54) is 11.8 Å². The van der Waals surface area contributed by atoms with Crippen LogP contribution in [0, 0.1) is 0 Å². The van der Waals surface area contributed by atoms with Gasteiger partial charge in [-0.2, -0.15) is 0 Å². The molecule has 5 nitrogen and oxygen atoms in total. The molecule has 0 radical (unpaired) electrons. The summed E-state index contributed by atoms with van der Waals surface area (Å²) in [6.07, 6.45) is 4.12. The lowest BCUT2D eigenvalue weighted by atomic mass is 10.1. The molecule has 2 aromatic rings. The van der Waals surface area contributed by atoms with Crippen LogP contribution in [-0.2, 0) is 23.0 Å². The average molecular weight is 281 g/mol. The van der Waals surface area contributed by atoms with Crippen molar-refractivity contribution in [1.29, 1.82) is 0 Å². The van der Waals surface area contributed by atoms with Gasteiger partial charge in [-0.05, 0) is 43.3 Å². The predicted molar refractivity (Wildman–Crippen MR) is 77.6 cm³/mol. The molecule has 0 aliphatic rings. The lowest BCUT2D eigenvalue weighted by Crippen LogP contribution is -2.21. The Morgan fingerprint density at radius 1 is 1.32 bits per heavy atom. The lowest BCUT2D eigenvalue weighted by Gasteiger charge is -2.04. The second-order valence-corrected chi connectivity index (χ2v) is 6.47. The van der Waals surface area contributed by atoms with E-state index in [4.69, 9.17) is 0 Å². The van der Waals surface area contributed by atoms with Crippen LogP contribution in [-0.4, -0.2) is 33.2 Å². The molecule has 0 fully saturated rings. The highest BCUT2D eigenvalue weighted by atomic mass is 32.2. The number of aromatic nitrogens is 1. The van der Waals surface area contributed by atoms with Gasteiger partial charge in [0.05, 0.1) is 6.26 Å². The number of nitrogens with one attached hydrogen (secondary N) is 3. The van der Waals surface area contributed by atoms with Gasteiger partial charge in [0, 0.05) is 23.6 Å². The Labute approximate surface area is 113 Å². The highest BCUT2D eigenvalue weighted by Crippen LogP contribution is 2.20. The molecule has 1 heterocycles. The summed E-state index contributed by atoms with van der Waals surface area (Å²) in [5, 5.41) is 4.28. The van der Waals surface area contributed by atoms with Gasteiger partial charge >= 0.3 is 0 Å². The highest BCUT2D eigenvalue weighted by molar-refractivity contribution is 7.88. The molecule has 0 aliphatic carbocycles. The quantitative estimate of drug-likeness (QED) is 0.739. The van der Waals surface area contributed by atoms with Crippen molar-refractivity contribution in [2.24, 2.45) is 0 Å². The van der Waals surface area contributed by atoms with E-state index in [9.17, 15) is 8.42 Å². The molecule has 104 valence electrons. The predicted octanol–water partition coefficient (Wildman–Crippen LogP) is 0.979. The van der Waals surface area contributed by atoms with E-state index >= 15 is 0 Å². The van der Waals surface area contributed by atoms with Crippen LogP contribution in [0.25, 0.3) is 10.9 Å². The first kappa shape index (κ1) is 14.0. The van der Waals surface area contributed by atoms with Crippen molar-refractivity contribution in [3.63, 3.8) is 0 Å². The average Bonchev–Trinajstić information content (AvgIpc) is 2.75. The minimum atomic E-state index is -3.15. The van der Waals surface area contributed by atoms with Gasteiger partial charge in [0.1, 0.15) is 0 Å². The van der Waals surface area contributed by atoms with Crippen LogP contribution in [0.2, 0.25) is 0 Å². The second kappa shape index (κ2) is 5.73. The smallest absolute Gasteiger partial charge is 0.209 e. The zero-order valence-corrected chi connectivity index (χ0v) is 12.0. The highest BCUT2D eigenvalue weighted by Gasteiger charge is 2.06. The molecular formula is C13H19N3O2S. The maximum Gasteiger partial charge on any atom is 0.209 e. The number of aromatic amines is 1. The largest absolute Gasteiger partial charge is 0.361 e. The molecule has 0 bridgehead atoms. The van der Waals surface area contributed by atoms with Crippen molar-refractivity contribution < 1.29 is 8.42 Å². The van der Waals surface area contributed by atoms with E-state index in [1.54, 1.807) is 0 Å². The number of H-pyrrole nitrogens is 1. The fourth-order valence-electron chi connectivity index (χ4n) is 2.02. The number of benzene rings is 1. The summed E-state index contributed by atoms with van der Waals surface area (Å²) in [5.41, 5.74) is 3.28. The number of hydrogen-bond donors (Lipinski definition) is 3. The van der Waals surface area contributed by atoms with Crippen LogP contribution in [0.3, 0.4) is 0 Å². The Balaban J connectivity index is 2.22. The number of sulfonamides is 1. The third-order valence-electron chi connectivity index (χ3n) is 3.01. The molecule has 0 atom stereocenters. The minimum absolute atomic E-state index is 0.325. The van der Waals surface area contributed by atoms with Gasteiger partial charge in [0.2, 0.25) is 10.0 Å². The zero-order valence-electron chi connectivity index (χ0n) is 11.2. The fraction of sp³-hybridized carbons (Fsp3) is 0.385. The van der Waals surface area contributed by atoms with Gasteiger partial charge in [-0.25, -0.2) is 13.1 Å².